The van der Waals surface area contributed by atoms with E-state index in [1.165, 1.54) is 25.7 Å². The van der Waals surface area contributed by atoms with Crippen LogP contribution in [0.1, 0.15) is 49.3 Å². The third-order valence-corrected chi connectivity index (χ3v) is 5.30. The first-order valence-electron chi connectivity index (χ1n) is 7.60. The fourth-order valence-corrected chi connectivity index (χ4v) is 4.30. The zero-order valence-electron chi connectivity index (χ0n) is 12.0. The van der Waals surface area contributed by atoms with E-state index in [-0.39, 0.29) is 11.9 Å². The topological polar surface area (TPSA) is 12.0 Å². The van der Waals surface area contributed by atoms with Crippen LogP contribution >= 0.6 is 0 Å². The average molecular weight is 261 g/mol. The van der Waals surface area contributed by atoms with Crippen molar-refractivity contribution < 1.29 is 4.39 Å². The summed E-state index contributed by atoms with van der Waals surface area (Å²) in [6.07, 6.45) is 6.73. The number of nitrogens with one attached hydrogen (secondary N) is 1. The summed E-state index contributed by atoms with van der Waals surface area (Å²) < 4.78 is 14.0. The van der Waals surface area contributed by atoms with Gasteiger partial charge < -0.3 is 5.32 Å². The van der Waals surface area contributed by atoms with Gasteiger partial charge in [-0.05, 0) is 63.5 Å². The van der Waals surface area contributed by atoms with Gasteiger partial charge >= 0.3 is 0 Å². The molecule has 2 bridgehead atoms. The SMILES string of the molecule is CNC(CC1CC2CCC1C2)c1cc(C)ccc1F. The van der Waals surface area contributed by atoms with Gasteiger partial charge in [0.2, 0.25) is 0 Å². The Bertz CT molecular complexity index is 457. The first-order chi connectivity index (χ1) is 9.17. The molecular formula is C17H24FN. The largest absolute Gasteiger partial charge is 0.313 e. The van der Waals surface area contributed by atoms with Crippen molar-refractivity contribution in [1.82, 2.24) is 5.32 Å². The van der Waals surface area contributed by atoms with Gasteiger partial charge in [-0.3, -0.25) is 0 Å². The van der Waals surface area contributed by atoms with Crippen LogP contribution in [-0.4, -0.2) is 7.05 Å². The van der Waals surface area contributed by atoms with E-state index in [0.717, 1.165) is 35.3 Å². The Labute approximate surface area is 115 Å². The minimum Gasteiger partial charge on any atom is -0.313 e. The fourth-order valence-electron chi connectivity index (χ4n) is 4.30. The molecule has 4 atom stereocenters. The molecule has 4 unspecified atom stereocenters. The van der Waals surface area contributed by atoms with Crippen molar-refractivity contribution >= 4 is 0 Å². The van der Waals surface area contributed by atoms with E-state index in [9.17, 15) is 4.39 Å². The van der Waals surface area contributed by atoms with Gasteiger partial charge in [0.15, 0.2) is 0 Å². The van der Waals surface area contributed by atoms with Crippen molar-refractivity contribution in [2.45, 2.75) is 45.1 Å². The Hall–Kier alpha value is -0.890. The molecule has 0 heterocycles. The maximum Gasteiger partial charge on any atom is 0.127 e. The highest BCUT2D eigenvalue weighted by Crippen LogP contribution is 2.51. The van der Waals surface area contributed by atoms with Gasteiger partial charge in [-0.15, -0.1) is 0 Å². The Kier molecular flexibility index (Phi) is 3.62. The van der Waals surface area contributed by atoms with E-state index in [2.05, 4.69) is 5.32 Å². The third kappa shape index (κ3) is 2.55. The zero-order chi connectivity index (χ0) is 13.4. The molecule has 1 nitrogen and oxygen atoms in total. The van der Waals surface area contributed by atoms with E-state index in [1.807, 2.05) is 26.1 Å². The van der Waals surface area contributed by atoms with E-state index in [1.54, 1.807) is 6.07 Å². The third-order valence-electron chi connectivity index (χ3n) is 5.30. The number of fused-ring (bicyclic) bond motifs is 2. The summed E-state index contributed by atoms with van der Waals surface area (Å²) in [5.41, 5.74) is 2.00. The van der Waals surface area contributed by atoms with Gasteiger partial charge in [-0.2, -0.15) is 0 Å². The summed E-state index contributed by atoms with van der Waals surface area (Å²) in [5, 5.41) is 3.33. The highest BCUT2D eigenvalue weighted by molar-refractivity contribution is 5.27. The molecular weight excluding hydrogens is 237 g/mol. The van der Waals surface area contributed by atoms with E-state index in [0.29, 0.717) is 0 Å². The second-order valence-corrected chi connectivity index (χ2v) is 6.54. The van der Waals surface area contributed by atoms with Crippen molar-refractivity contribution in [3.05, 3.63) is 35.1 Å². The minimum atomic E-state index is -0.0619. The minimum absolute atomic E-state index is 0.0619. The van der Waals surface area contributed by atoms with Gasteiger partial charge in [0, 0.05) is 11.6 Å². The van der Waals surface area contributed by atoms with Crippen molar-refractivity contribution in [3.63, 3.8) is 0 Å². The zero-order valence-corrected chi connectivity index (χ0v) is 12.0. The molecule has 0 saturated heterocycles. The molecule has 2 fully saturated rings. The van der Waals surface area contributed by atoms with Gasteiger partial charge in [-0.1, -0.05) is 24.1 Å². The predicted octanol–water partition coefficient (Wildman–Crippen LogP) is 4.22. The van der Waals surface area contributed by atoms with Crippen molar-refractivity contribution in [1.29, 1.82) is 0 Å². The normalized spacial score (nSPS) is 30.8. The monoisotopic (exact) mass is 261 g/mol. The molecule has 1 aromatic rings. The molecule has 1 aromatic carbocycles. The molecule has 2 aliphatic carbocycles. The van der Waals surface area contributed by atoms with Gasteiger partial charge in [0.1, 0.15) is 5.82 Å². The summed E-state index contributed by atoms with van der Waals surface area (Å²) in [6, 6.07) is 5.63. The maximum absolute atomic E-state index is 14.0. The van der Waals surface area contributed by atoms with Crippen LogP contribution in [0.15, 0.2) is 18.2 Å². The summed E-state index contributed by atoms with van der Waals surface area (Å²) in [6.45, 7) is 2.03. The van der Waals surface area contributed by atoms with Gasteiger partial charge in [0.25, 0.3) is 0 Å². The number of rotatable bonds is 4. The predicted molar refractivity (Wildman–Crippen MR) is 76.5 cm³/mol. The van der Waals surface area contributed by atoms with Crippen LogP contribution in [0.5, 0.6) is 0 Å². The van der Waals surface area contributed by atoms with Crippen LogP contribution in [0.25, 0.3) is 0 Å². The van der Waals surface area contributed by atoms with E-state index in [4.69, 9.17) is 0 Å². The number of aryl methyl sites for hydroxylation is 1. The summed E-state index contributed by atoms with van der Waals surface area (Å²) in [4.78, 5) is 0. The second-order valence-electron chi connectivity index (χ2n) is 6.54. The number of halogens is 1. The van der Waals surface area contributed by atoms with Crippen LogP contribution in [-0.2, 0) is 0 Å². The van der Waals surface area contributed by atoms with Crippen LogP contribution in [0.4, 0.5) is 4.39 Å². The number of hydrogen-bond donors (Lipinski definition) is 1. The molecule has 0 aromatic heterocycles. The lowest BCUT2D eigenvalue weighted by Gasteiger charge is -2.27. The van der Waals surface area contributed by atoms with Crippen molar-refractivity contribution in [2.24, 2.45) is 17.8 Å². The highest BCUT2D eigenvalue weighted by Gasteiger charge is 2.40. The fraction of sp³-hybridized carbons (Fsp3) is 0.647. The molecule has 3 rings (SSSR count). The molecule has 104 valence electrons. The number of benzene rings is 1. The molecule has 2 heteroatoms. The highest BCUT2D eigenvalue weighted by atomic mass is 19.1. The second kappa shape index (κ2) is 5.24. The molecule has 0 aliphatic heterocycles. The lowest BCUT2D eigenvalue weighted by atomic mass is 9.82. The van der Waals surface area contributed by atoms with Crippen LogP contribution < -0.4 is 5.32 Å². The number of hydrogen-bond acceptors (Lipinski definition) is 1. The Balaban J connectivity index is 1.75. The first-order valence-corrected chi connectivity index (χ1v) is 7.60. The van der Waals surface area contributed by atoms with Gasteiger partial charge in [-0.25, -0.2) is 4.39 Å². The summed E-state index contributed by atoms with van der Waals surface area (Å²) in [5.74, 6) is 2.62. The van der Waals surface area contributed by atoms with Crippen LogP contribution in [0.2, 0.25) is 0 Å². The lowest BCUT2D eigenvalue weighted by Crippen LogP contribution is -2.23. The Morgan fingerprint density at radius 3 is 2.79 bits per heavy atom. The molecule has 0 spiro atoms. The van der Waals surface area contributed by atoms with Crippen LogP contribution in [0, 0.1) is 30.5 Å². The standard InChI is InChI=1S/C17H24FN/c1-11-3-6-16(18)15(7-11)17(19-2)10-14-9-12-4-5-13(14)8-12/h3,6-7,12-14,17,19H,4-5,8-10H2,1-2H3. The Morgan fingerprint density at radius 1 is 1.32 bits per heavy atom. The average Bonchev–Trinajstić information content (AvgIpc) is 3.01. The molecule has 2 saturated carbocycles. The Morgan fingerprint density at radius 2 is 2.16 bits per heavy atom. The van der Waals surface area contributed by atoms with Crippen molar-refractivity contribution in [3.8, 4) is 0 Å². The maximum atomic E-state index is 14.0. The summed E-state index contributed by atoms with van der Waals surface area (Å²) in [7, 11) is 1.96. The lowest BCUT2D eigenvalue weighted by molar-refractivity contribution is 0.282. The molecule has 0 amide bonds. The van der Waals surface area contributed by atoms with E-state index >= 15 is 0 Å². The van der Waals surface area contributed by atoms with Gasteiger partial charge in [0.05, 0.1) is 0 Å². The first kappa shape index (κ1) is 13.1. The van der Waals surface area contributed by atoms with Crippen LogP contribution in [0.3, 0.4) is 0 Å². The molecule has 2 aliphatic rings. The molecule has 1 N–H and O–H groups in total. The van der Waals surface area contributed by atoms with E-state index < -0.39 is 0 Å². The summed E-state index contributed by atoms with van der Waals surface area (Å²) >= 11 is 0. The quantitative estimate of drug-likeness (QED) is 0.855. The molecule has 0 radical (unpaired) electrons. The smallest absolute Gasteiger partial charge is 0.127 e. The van der Waals surface area contributed by atoms with Crippen molar-refractivity contribution in [2.75, 3.05) is 7.05 Å². The molecule has 19 heavy (non-hydrogen) atoms.